The van der Waals surface area contributed by atoms with Crippen LogP contribution in [0.25, 0.3) is 0 Å². The van der Waals surface area contributed by atoms with Gasteiger partial charge in [0.05, 0.1) is 29.5 Å². The molecule has 0 spiro atoms. The van der Waals surface area contributed by atoms with Gasteiger partial charge in [0.1, 0.15) is 0 Å². The SMILES string of the molecule is C/C(=N\NC(=O)c1ccco1)c1cc2c(cc1NC(=O)[C@H]1CC=CC[C@H]1C(=O)O)OCO2. The van der Waals surface area contributed by atoms with E-state index in [4.69, 9.17) is 13.9 Å². The molecule has 2 atom stereocenters. The maximum absolute atomic E-state index is 13.0. The molecule has 0 fully saturated rings. The second-order valence-corrected chi connectivity index (χ2v) is 7.35. The molecule has 0 bridgehead atoms. The summed E-state index contributed by atoms with van der Waals surface area (Å²) in [7, 11) is 0. The average Bonchev–Trinajstić information content (AvgIpc) is 3.48. The van der Waals surface area contributed by atoms with Gasteiger partial charge in [0.15, 0.2) is 17.3 Å². The summed E-state index contributed by atoms with van der Waals surface area (Å²) in [6, 6.07) is 6.33. The van der Waals surface area contributed by atoms with Gasteiger partial charge in [0.25, 0.3) is 0 Å². The molecule has 3 N–H and O–H groups in total. The minimum atomic E-state index is -1.02. The lowest BCUT2D eigenvalue weighted by atomic mass is 9.82. The Bertz CT molecular complexity index is 1100. The van der Waals surface area contributed by atoms with E-state index in [9.17, 15) is 19.5 Å². The molecule has 10 heteroatoms. The number of benzene rings is 1. The van der Waals surface area contributed by atoms with Crippen LogP contribution in [-0.4, -0.2) is 35.4 Å². The third kappa shape index (κ3) is 4.34. The number of carboxylic acid groups (broad SMARTS) is 1. The van der Waals surface area contributed by atoms with Crippen molar-refractivity contribution in [3.05, 3.63) is 54.0 Å². The first kappa shape index (κ1) is 21.2. The summed E-state index contributed by atoms with van der Waals surface area (Å²) < 4.78 is 15.9. The summed E-state index contributed by atoms with van der Waals surface area (Å²) in [4.78, 5) is 36.7. The highest BCUT2D eigenvalue weighted by atomic mass is 16.7. The fourth-order valence-corrected chi connectivity index (χ4v) is 3.60. The molecular weight excluding hydrogens is 418 g/mol. The lowest BCUT2D eigenvalue weighted by Gasteiger charge is -2.24. The summed E-state index contributed by atoms with van der Waals surface area (Å²) in [6.07, 6.45) is 5.58. The number of furan rings is 1. The van der Waals surface area contributed by atoms with Crippen molar-refractivity contribution in [2.24, 2.45) is 16.9 Å². The molecule has 0 saturated heterocycles. The van der Waals surface area contributed by atoms with Crippen LogP contribution in [0.15, 0.2) is 52.2 Å². The van der Waals surface area contributed by atoms with Gasteiger partial charge in [-0.15, -0.1) is 0 Å². The number of hydrogen-bond acceptors (Lipinski definition) is 7. The number of ether oxygens (including phenoxy) is 2. The molecule has 166 valence electrons. The van der Waals surface area contributed by atoms with Crippen molar-refractivity contribution in [2.45, 2.75) is 19.8 Å². The molecule has 2 aromatic rings. The van der Waals surface area contributed by atoms with Gasteiger partial charge < -0.3 is 24.3 Å². The molecule has 0 radical (unpaired) electrons. The minimum Gasteiger partial charge on any atom is -0.481 e. The zero-order valence-corrected chi connectivity index (χ0v) is 17.2. The van der Waals surface area contributed by atoms with Crippen molar-refractivity contribution in [1.82, 2.24) is 5.43 Å². The normalized spacial score (nSPS) is 19.5. The molecule has 1 aliphatic heterocycles. The van der Waals surface area contributed by atoms with Crippen LogP contribution in [-0.2, 0) is 9.59 Å². The molecule has 2 heterocycles. The van der Waals surface area contributed by atoms with Crippen LogP contribution in [0.5, 0.6) is 11.5 Å². The first-order valence-corrected chi connectivity index (χ1v) is 9.95. The number of fused-ring (bicyclic) bond motifs is 1. The molecule has 0 saturated carbocycles. The number of aliphatic carboxylic acids is 1. The van der Waals surface area contributed by atoms with E-state index in [0.29, 0.717) is 41.3 Å². The number of carboxylic acids is 1. The first-order chi connectivity index (χ1) is 15.4. The molecular formula is C22H21N3O7. The van der Waals surface area contributed by atoms with Crippen molar-refractivity contribution in [1.29, 1.82) is 0 Å². The number of hydrazone groups is 1. The number of allylic oxidation sites excluding steroid dienone is 2. The summed E-state index contributed by atoms with van der Waals surface area (Å²) >= 11 is 0. The Morgan fingerprint density at radius 3 is 2.50 bits per heavy atom. The van der Waals surface area contributed by atoms with Crippen molar-refractivity contribution in [3.8, 4) is 11.5 Å². The van der Waals surface area contributed by atoms with E-state index in [1.54, 1.807) is 37.3 Å². The van der Waals surface area contributed by atoms with E-state index in [0.717, 1.165) is 0 Å². The third-order valence-corrected chi connectivity index (χ3v) is 5.32. The molecule has 1 aliphatic carbocycles. The summed E-state index contributed by atoms with van der Waals surface area (Å²) in [5.41, 5.74) is 3.64. The van der Waals surface area contributed by atoms with Crippen LogP contribution in [0.2, 0.25) is 0 Å². The van der Waals surface area contributed by atoms with Crippen LogP contribution in [0.4, 0.5) is 5.69 Å². The van der Waals surface area contributed by atoms with Crippen molar-refractivity contribution in [3.63, 3.8) is 0 Å². The monoisotopic (exact) mass is 439 g/mol. The molecule has 1 aromatic carbocycles. The number of carbonyl (C=O) groups is 3. The topological polar surface area (TPSA) is 139 Å². The fraction of sp³-hybridized carbons (Fsp3) is 0.273. The Balaban J connectivity index is 1.59. The zero-order valence-electron chi connectivity index (χ0n) is 17.2. The maximum atomic E-state index is 13.0. The van der Waals surface area contributed by atoms with Crippen LogP contribution in [0.3, 0.4) is 0 Å². The van der Waals surface area contributed by atoms with Crippen LogP contribution in [0, 0.1) is 11.8 Å². The maximum Gasteiger partial charge on any atom is 0.307 e. The minimum absolute atomic E-state index is 0.0338. The van der Waals surface area contributed by atoms with Gasteiger partial charge in [0, 0.05) is 11.6 Å². The summed E-state index contributed by atoms with van der Waals surface area (Å²) in [5, 5.41) is 16.4. The van der Waals surface area contributed by atoms with E-state index in [1.165, 1.54) is 12.3 Å². The molecule has 2 amide bonds. The summed E-state index contributed by atoms with van der Waals surface area (Å²) in [5.74, 6) is -2.48. The van der Waals surface area contributed by atoms with Crippen LogP contribution in [0.1, 0.15) is 35.9 Å². The van der Waals surface area contributed by atoms with Gasteiger partial charge in [-0.25, -0.2) is 5.43 Å². The second-order valence-electron chi connectivity index (χ2n) is 7.35. The predicted molar refractivity (Wildman–Crippen MR) is 113 cm³/mol. The molecule has 2 aliphatic rings. The summed E-state index contributed by atoms with van der Waals surface area (Å²) in [6.45, 7) is 1.69. The molecule has 32 heavy (non-hydrogen) atoms. The number of rotatable bonds is 6. The predicted octanol–water partition coefficient (Wildman–Crippen LogP) is 2.77. The highest BCUT2D eigenvalue weighted by molar-refractivity contribution is 6.08. The average molecular weight is 439 g/mol. The van der Waals surface area contributed by atoms with Gasteiger partial charge >= 0.3 is 11.9 Å². The Morgan fingerprint density at radius 2 is 1.81 bits per heavy atom. The van der Waals surface area contributed by atoms with E-state index < -0.39 is 29.6 Å². The molecule has 10 nitrogen and oxygen atoms in total. The Hall–Kier alpha value is -4.08. The number of carbonyl (C=O) groups excluding carboxylic acids is 2. The van der Waals surface area contributed by atoms with E-state index >= 15 is 0 Å². The number of anilines is 1. The Kier molecular flexibility index (Phi) is 5.93. The van der Waals surface area contributed by atoms with E-state index in [2.05, 4.69) is 15.8 Å². The smallest absolute Gasteiger partial charge is 0.307 e. The van der Waals surface area contributed by atoms with Gasteiger partial charge in [-0.05, 0) is 38.0 Å². The number of amides is 2. The van der Waals surface area contributed by atoms with Crippen LogP contribution < -0.4 is 20.2 Å². The van der Waals surface area contributed by atoms with Gasteiger partial charge in [-0.3, -0.25) is 14.4 Å². The lowest BCUT2D eigenvalue weighted by Crippen LogP contribution is -2.35. The zero-order chi connectivity index (χ0) is 22.7. The highest BCUT2D eigenvalue weighted by Crippen LogP contribution is 2.38. The number of nitrogens with one attached hydrogen (secondary N) is 2. The number of hydrogen-bond donors (Lipinski definition) is 3. The number of nitrogens with zero attached hydrogens (tertiary/aromatic N) is 1. The van der Waals surface area contributed by atoms with Crippen molar-refractivity contribution in [2.75, 3.05) is 12.1 Å². The Labute approximate surface area is 182 Å². The van der Waals surface area contributed by atoms with Crippen molar-refractivity contribution >= 4 is 29.2 Å². The fourth-order valence-electron chi connectivity index (χ4n) is 3.60. The van der Waals surface area contributed by atoms with Crippen LogP contribution >= 0.6 is 0 Å². The molecule has 0 unspecified atom stereocenters. The largest absolute Gasteiger partial charge is 0.481 e. The third-order valence-electron chi connectivity index (χ3n) is 5.32. The molecule has 4 rings (SSSR count). The van der Waals surface area contributed by atoms with Gasteiger partial charge in [-0.1, -0.05) is 12.2 Å². The highest BCUT2D eigenvalue weighted by Gasteiger charge is 2.34. The first-order valence-electron chi connectivity index (χ1n) is 9.95. The molecule has 1 aromatic heterocycles. The van der Waals surface area contributed by atoms with E-state index in [-0.39, 0.29) is 12.6 Å². The van der Waals surface area contributed by atoms with Gasteiger partial charge in [-0.2, -0.15) is 5.10 Å². The second kappa shape index (κ2) is 8.96. The standard InChI is InChI=1S/C22H21N3O7/c1-12(24-25-21(27)17-7-4-8-30-17)15-9-18-19(32-11-31-18)10-16(15)23-20(26)13-5-2-3-6-14(13)22(28)29/h2-4,7-10,13-14H,5-6,11H2,1H3,(H,23,26)(H,25,27)(H,28,29)/b24-12+/t13-,14+/m0/s1. The van der Waals surface area contributed by atoms with Gasteiger partial charge in [0.2, 0.25) is 12.7 Å². The van der Waals surface area contributed by atoms with E-state index in [1.807, 2.05) is 0 Å². The Morgan fingerprint density at radius 1 is 1.09 bits per heavy atom. The van der Waals surface area contributed by atoms with Crippen molar-refractivity contribution < 1.29 is 33.4 Å². The lowest BCUT2D eigenvalue weighted by molar-refractivity contribution is -0.146. The quantitative estimate of drug-likeness (QED) is 0.357.